The molecule has 0 spiro atoms. The maximum absolute atomic E-state index is 13.0. The van der Waals surface area contributed by atoms with E-state index in [2.05, 4.69) is 20.1 Å². The molecule has 4 heterocycles. The van der Waals surface area contributed by atoms with E-state index >= 15 is 0 Å². The second-order valence-corrected chi connectivity index (χ2v) is 7.50. The Hall–Kier alpha value is -3.27. The van der Waals surface area contributed by atoms with Gasteiger partial charge in [0.25, 0.3) is 5.91 Å². The molecule has 10 heteroatoms. The molecule has 3 aromatic heterocycles. The highest BCUT2D eigenvalue weighted by Gasteiger charge is 2.27. The number of aromatic nitrogens is 6. The van der Waals surface area contributed by atoms with Crippen molar-refractivity contribution in [2.75, 3.05) is 12.3 Å². The Morgan fingerprint density at radius 1 is 1.21 bits per heavy atom. The number of nitrogens with zero attached hydrogens (tertiary/aromatic N) is 7. The van der Waals surface area contributed by atoms with Crippen molar-refractivity contribution in [3.8, 4) is 0 Å². The monoisotopic (exact) mass is 396 g/mol. The summed E-state index contributed by atoms with van der Waals surface area (Å²) < 4.78 is 3.57. The summed E-state index contributed by atoms with van der Waals surface area (Å²) in [5, 5.41) is 15.1. The molecule has 0 aliphatic carbocycles. The van der Waals surface area contributed by atoms with Crippen LogP contribution in [0.15, 0.2) is 24.5 Å². The number of rotatable bonds is 4. The Morgan fingerprint density at radius 2 is 2.00 bits per heavy atom. The van der Waals surface area contributed by atoms with Crippen LogP contribution in [0.25, 0.3) is 0 Å². The van der Waals surface area contributed by atoms with Crippen LogP contribution in [0.1, 0.15) is 59.3 Å². The number of aliphatic hydroxyl groups is 1. The Kier molecular flexibility index (Phi) is 4.79. The van der Waals surface area contributed by atoms with Crippen LogP contribution in [-0.2, 0) is 20.1 Å². The van der Waals surface area contributed by atoms with Gasteiger partial charge in [0.05, 0.1) is 24.5 Å². The molecule has 0 aromatic carbocycles. The van der Waals surface area contributed by atoms with Crippen LogP contribution in [0, 0.1) is 0 Å². The highest BCUT2D eigenvalue weighted by atomic mass is 16.3. The molecule has 0 fully saturated rings. The third kappa shape index (κ3) is 3.58. The van der Waals surface area contributed by atoms with Crippen LogP contribution in [0.4, 0.5) is 5.95 Å². The molecule has 4 rings (SSSR count). The molecule has 1 aliphatic heterocycles. The van der Waals surface area contributed by atoms with E-state index in [1.54, 1.807) is 27.9 Å². The number of anilines is 1. The molecule has 0 radical (unpaired) electrons. The van der Waals surface area contributed by atoms with Gasteiger partial charge in [-0.3, -0.25) is 9.48 Å². The maximum Gasteiger partial charge on any atom is 0.273 e. The Morgan fingerprint density at radius 3 is 2.69 bits per heavy atom. The quantitative estimate of drug-likeness (QED) is 0.669. The van der Waals surface area contributed by atoms with Crippen LogP contribution in [0.5, 0.6) is 0 Å². The normalized spacial score (nSPS) is 14.9. The van der Waals surface area contributed by atoms with Gasteiger partial charge in [0.15, 0.2) is 6.10 Å². The van der Waals surface area contributed by atoms with Gasteiger partial charge in [0.1, 0.15) is 11.5 Å². The zero-order chi connectivity index (χ0) is 20.7. The number of hydrogen-bond donors (Lipinski definition) is 2. The molecular formula is C19H24N8O2. The number of fused-ring (bicyclic) bond motifs is 1. The first-order chi connectivity index (χ1) is 13.8. The standard InChI is InChI=1S/C19H24N8O2/c1-11(2)13-9-15(23-19(20)22-13)18(29)26-6-7-27-12(10-26)8-14(24-27)16(28)17-21-4-5-25(17)3/h4-5,8-9,11,16,28H,6-7,10H2,1-3H3,(H2,20,22,23)/t16-/m1/s1. The lowest BCUT2D eigenvalue weighted by atomic mass is 10.1. The molecule has 0 saturated carbocycles. The van der Waals surface area contributed by atoms with Crippen LogP contribution in [0.3, 0.4) is 0 Å². The fourth-order valence-corrected chi connectivity index (χ4v) is 3.42. The summed E-state index contributed by atoms with van der Waals surface area (Å²) in [4.78, 5) is 27.2. The second kappa shape index (κ2) is 7.28. The number of carbonyl (C=O) groups is 1. The third-order valence-electron chi connectivity index (χ3n) is 5.06. The number of amides is 1. The maximum atomic E-state index is 13.0. The van der Waals surface area contributed by atoms with Crippen molar-refractivity contribution >= 4 is 11.9 Å². The molecular weight excluding hydrogens is 372 g/mol. The molecule has 10 nitrogen and oxygen atoms in total. The number of nitrogens with two attached hydrogens (primary N) is 1. The first-order valence-electron chi connectivity index (χ1n) is 9.49. The predicted molar refractivity (Wildman–Crippen MR) is 105 cm³/mol. The molecule has 1 amide bonds. The van der Waals surface area contributed by atoms with Crippen molar-refractivity contribution in [3.05, 3.63) is 53.1 Å². The Bertz CT molecular complexity index is 1050. The van der Waals surface area contributed by atoms with Gasteiger partial charge in [-0.1, -0.05) is 13.8 Å². The van der Waals surface area contributed by atoms with Gasteiger partial charge in [-0.15, -0.1) is 0 Å². The van der Waals surface area contributed by atoms with Crippen molar-refractivity contribution < 1.29 is 9.90 Å². The molecule has 0 bridgehead atoms. The molecule has 3 aromatic rings. The zero-order valence-electron chi connectivity index (χ0n) is 16.6. The number of hydrogen-bond acceptors (Lipinski definition) is 7. The fraction of sp³-hybridized carbons (Fsp3) is 0.421. The molecule has 0 saturated heterocycles. The van der Waals surface area contributed by atoms with Gasteiger partial charge in [0.2, 0.25) is 5.95 Å². The van der Waals surface area contributed by atoms with E-state index in [0.29, 0.717) is 36.8 Å². The van der Waals surface area contributed by atoms with Crippen LogP contribution < -0.4 is 5.73 Å². The summed E-state index contributed by atoms with van der Waals surface area (Å²) in [5.41, 5.74) is 8.18. The fourth-order valence-electron chi connectivity index (χ4n) is 3.42. The summed E-state index contributed by atoms with van der Waals surface area (Å²) in [6.45, 7) is 5.38. The summed E-state index contributed by atoms with van der Waals surface area (Å²) in [7, 11) is 1.82. The number of aliphatic hydroxyl groups excluding tert-OH is 1. The van der Waals surface area contributed by atoms with Gasteiger partial charge in [-0.2, -0.15) is 5.10 Å². The lowest BCUT2D eigenvalue weighted by Gasteiger charge is -2.27. The number of carbonyl (C=O) groups excluding carboxylic acids is 1. The minimum Gasteiger partial charge on any atom is -0.379 e. The van der Waals surface area contributed by atoms with Gasteiger partial charge in [0, 0.05) is 31.7 Å². The average Bonchev–Trinajstić information content (AvgIpc) is 3.31. The van der Waals surface area contributed by atoms with Crippen LogP contribution >= 0.6 is 0 Å². The highest BCUT2D eigenvalue weighted by Crippen LogP contribution is 2.23. The first-order valence-corrected chi connectivity index (χ1v) is 9.49. The zero-order valence-corrected chi connectivity index (χ0v) is 16.6. The van der Waals surface area contributed by atoms with Gasteiger partial charge >= 0.3 is 0 Å². The van der Waals surface area contributed by atoms with Crippen LogP contribution in [-0.4, -0.2) is 51.8 Å². The Balaban J connectivity index is 1.55. The minimum atomic E-state index is -0.924. The number of imidazole rings is 1. The lowest BCUT2D eigenvalue weighted by Crippen LogP contribution is -2.39. The van der Waals surface area contributed by atoms with Crippen molar-refractivity contribution in [1.82, 2.24) is 34.2 Å². The summed E-state index contributed by atoms with van der Waals surface area (Å²) >= 11 is 0. The topological polar surface area (TPSA) is 128 Å². The minimum absolute atomic E-state index is 0.0991. The van der Waals surface area contributed by atoms with Crippen molar-refractivity contribution in [1.29, 1.82) is 0 Å². The molecule has 152 valence electrons. The Labute approximate surface area is 168 Å². The largest absolute Gasteiger partial charge is 0.379 e. The van der Waals surface area contributed by atoms with Crippen molar-refractivity contribution in [2.45, 2.75) is 39.0 Å². The smallest absolute Gasteiger partial charge is 0.273 e. The van der Waals surface area contributed by atoms with Gasteiger partial charge < -0.3 is 20.3 Å². The summed E-state index contributed by atoms with van der Waals surface area (Å²) in [6.07, 6.45) is 2.48. The van der Waals surface area contributed by atoms with E-state index in [4.69, 9.17) is 5.73 Å². The van der Waals surface area contributed by atoms with E-state index in [1.807, 2.05) is 31.6 Å². The van der Waals surface area contributed by atoms with Crippen molar-refractivity contribution in [3.63, 3.8) is 0 Å². The molecule has 29 heavy (non-hydrogen) atoms. The first kappa shape index (κ1) is 19.1. The van der Waals surface area contributed by atoms with E-state index in [-0.39, 0.29) is 17.8 Å². The summed E-state index contributed by atoms with van der Waals surface area (Å²) in [6, 6.07) is 3.51. The number of nitrogen functional groups attached to an aromatic ring is 1. The van der Waals surface area contributed by atoms with Crippen molar-refractivity contribution in [2.24, 2.45) is 7.05 Å². The molecule has 3 N–H and O–H groups in total. The van der Waals surface area contributed by atoms with Gasteiger partial charge in [-0.05, 0) is 18.1 Å². The SMILES string of the molecule is CC(C)c1cc(C(=O)N2CCn3nc([C@@H](O)c4nccn4C)cc3C2)nc(N)n1. The second-order valence-electron chi connectivity index (χ2n) is 7.50. The lowest BCUT2D eigenvalue weighted by molar-refractivity contribution is 0.0699. The summed E-state index contributed by atoms with van der Waals surface area (Å²) in [5.74, 6) is 0.567. The number of aryl methyl sites for hydroxylation is 1. The highest BCUT2D eigenvalue weighted by molar-refractivity contribution is 5.92. The van der Waals surface area contributed by atoms with E-state index in [0.717, 1.165) is 11.4 Å². The average molecular weight is 396 g/mol. The molecule has 0 unspecified atom stereocenters. The van der Waals surface area contributed by atoms with E-state index in [9.17, 15) is 9.90 Å². The molecule has 1 atom stereocenters. The van der Waals surface area contributed by atoms with E-state index < -0.39 is 6.10 Å². The molecule has 1 aliphatic rings. The predicted octanol–water partition coefficient (Wildman–Crippen LogP) is 0.850. The third-order valence-corrected chi connectivity index (χ3v) is 5.06. The van der Waals surface area contributed by atoms with Crippen LogP contribution in [0.2, 0.25) is 0 Å². The van der Waals surface area contributed by atoms with E-state index in [1.165, 1.54) is 0 Å². The van der Waals surface area contributed by atoms with Gasteiger partial charge in [-0.25, -0.2) is 15.0 Å².